The third kappa shape index (κ3) is 3.62. The van der Waals surface area contributed by atoms with Crippen LogP contribution in [0.3, 0.4) is 0 Å². The van der Waals surface area contributed by atoms with Gasteiger partial charge in [-0.05, 0) is 46.8 Å². The molecule has 1 aromatic carbocycles. The van der Waals surface area contributed by atoms with Crippen LogP contribution in [0.5, 0.6) is 0 Å². The highest BCUT2D eigenvalue weighted by atomic mass is 79.9. The van der Waals surface area contributed by atoms with E-state index >= 15 is 0 Å². The van der Waals surface area contributed by atoms with Crippen molar-refractivity contribution >= 4 is 27.7 Å². The van der Waals surface area contributed by atoms with Gasteiger partial charge in [0.2, 0.25) is 5.89 Å². The minimum atomic E-state index is 0.166. The van der Waals surface area contributed by atoms with Gasteiger partial charge in [0, 0.05) is 21.8 Å². The molecule has 20 heavy (non-hydrogen) atoms. The molecule has 106 valence electrons. The Kier molecular flexibility index (Phi) is 4.43. The minimum Gasteiger partial charge on any atom is -0.339 e. The Morgan fingerprint density at radius 3 is 2.95 bits per heavy atom. The summed E-state index contributed by atoms with van der Waals surface area (Å²) in [4.78, 5) is 5.59. The average Bonchev–Trinajstić information content (AvgIpc) is 3.20. The first-order chi connectivity index (χ1) is 9.72. The number of aromatic nitrogens is 2. The van der Waals surface area contributed by atoms with Crippen LogP contribution in [0.4, 0.5) is 0 Å². The van der Waals surface area contributed by atoms with Gasteiger partial charge in [-0.25, -0.2) is 0 Å². The van der Waals surface area contributed by atoms with Crippen molar-refractivity contribution in [1.82, 2.24) is 10.1 Å². The summed E-state index contributed by atoms with van der Waals surface area (Å²) < 4.78 is 6.35. The van der Waals surface area contributed by atoms with Gasteiger partial charge in [-0.1, -0.05) is 17.3 Å². The zero-order valence-corrected chi connectivity index (χ0v) is 13.4. The highest BCUT2D eigenvalue weighted by Gasteiger charge is 2.29. The Labute approximate surface area is 130 Å². The zero-order valence-electron chi connectivity index (χ0n) is 11.0. The molecule has 1 heterocycles. The lowest BCUT2D eigenvalue weighted by Gasteiger charge is -2.04. The number of halogens is 1. The topological polar surface area (TPSA) is 64.9 Å². The van der Waals surface area contributed by atoms with Gasteiger partial charge in [0.15, 0.2) is 5.82 Å². The highest BCUT2D eigenvalue weighted by molar-refractivity contribution is 9.10. The molecule has 0 bridgehead atoms. The lowest BCUT2D eigenvalue weighted by molar-refractivity contribution is 0.360. The molecular formula is C14H16BrN3OS. The van der Waals surface area contributed by atoms with E-state index in [0.29, 0.717) is 24.0 Å². The maximum Gasteiger partial charge on any atom is 0.228 e. The Balaban J connectivity index is 1.55. The number of nitrogens with two attached hydrogens (primary N) is 1. The van der Waals surface area contributed by atoms with Crippen molar-refractivity contribution in [3.63, 3.8) is 0 Å². The van der Waals surface area contributed by atoms with Crippen LogP contribution in [0.25, 0.3) is 0 Å². The number of hydrogen-bond donors (Lipinski definition) is 1. The summed E-state index contributed by atoms with van der Waals surface area (Å²) in [6.45, 7) is 0. The van der Waals surface area contributed by atoms with Crippen molar-refractivity contribution in [3.05, 3.63) is 40.5 Å². The van der Waals surface area contributed by atoms with Crippen LogP contribution in [0, 0.1) is 5.92 Å². The minimum absolute atomic E-state index is 0.166. The molecule has 1 aliphatic carbocycles. The lowest BCUT2D eigenvalue weighted by atomic mass is 10.1. The first-order valence-corrected chi connectivity index (χ1v) is 8.44. The molecule has 6 heteroatoms. The molecule has 2 aromatic rings. The van der Waals surface area contributed by atoms with Crippen LogP contribution in [0.1, 0.15) is 24.6 Å². The fourth-order valence-corrected chi connectivity index (χ4v) is 3.44. The molecule has 1 fully saturated rings. The number of rotatable bonds is 6. The van der Waals surface area contributed by atoms with Crippen molar-refractivity contribution < 1.29 is 4.52 Å². The summed E-state index contributed by atoms with van der Waals surface area (Å²) in [5.74, 6) is 2.74. The van der Waals surface area contributed by atoms with Crippen molar-refractivity contribution in [2.24, 2.45) is 11.7 Å². The summed E-state index contributed by atoms with van der Waals surface area (Å²) in [6, 6.07) is 8.28. The Bertz CT molecular complexity index is 585. The van der Waals surface area contributed by atoms with E-state index in [9.17, 15) is 0 Å². The van der Waals surface area contributed by atoms with E-state index in [1.807, 2.05) is 18.2 Å². The summed E-state index contributed by atoms with van der Waals surface area (Å²) >= 11 is 5.22. The van der Waals surface area contributed by atoms with Crippen LogP contribution in [0.2, 0.25) is 0 Å². The summed E-state index contributed by atoms with van der Waals surface area (Å²) in [5, 5.41) is 4.02. The van der Waals surface area contributed by atoms with Crippen LogP contribution >= 0.6 is 27.7 Å². The molecule has 4 nitrogen and oxygen atoms in total. The number of nitrogens with zero attached hydrogens (tertiary/aromatic N) is 2. The van der Waals surface area contributed by atoms with E-state index in [-0.39, 0.29) is 6.04 Å². The molecule has 1 unspecified atom stereocenters. The fraction of sp³-hybridized carbons (Fsp3) is 0.429. The van der Waals surface area contributed by atoms with E-state index < -0.39 is 0 Å². The van der Waals surface area contributed by atoms with Crippen molar-refractivity contribution in [1.29, 1.82) is 0 Å². The van der Waals surface area contributed by atoms with Gasteiger partial charge in [-0.15, -0.1) is 11.8 Å². The first-order valence-electron chi connectivity index (χ1n) is 6.67. The maximum absolute atomic E-state index is 6.07. The summed E-state index contributed by atoms with van der Waals surface area (Å²) in [5.41, 5.74) is 6.07. The van der Waals surface area contributed by atoms with Gasteiger partial charge in [0.1, 0.15) is 0 Å². The molecule has 1 saturated carbocycles. The van der Waals surface area contributed by atoms with Crippen LogP contribution in [-0.2, 0) is 12.2 Å². The monoisotopic (exact) mass is 353 g/mol. The van der Waals surface area contributed by atoms with E-state index in [4.69, 9.17) is 10.3 Å². The van der Waals surface area contributed by atoms with E-state index in [0.717, 1.165) is 10.3 Å². The van der Waals surface area contributed by atoms with E-state index in [1.165, 1.54) is 17.7 Å². The van der Waals surface area contributed by atoms with Gasteiger partial charge in [-0.2, -0.15) is 4.98 Å². The second-order valence-electron chi connectivity index (χ2n) is 5.03. The van der Waals surface area contributed by atoms with Gasteiger partial charge in [0.25, 0.3) is 0 Å². The summed E-state index contributed by atoms with van der Waals surface area (Å²) in [6.07, 6.45) is 3.16. The van der Waals surface area contributed by atoms with Crippen molar-refractivity contribution in [2.45, 2.75) is 36.0 Å². The molecule has 3 rings (SSSR count). The van der Waals surface area contributed by atoms with Gasteiger partial charge < -0.3 is 10.3 Å². The number of thioether (sulfide) groups is 1. The molecule has 2 N–H and O–H groups in total. The molecule has 0 spiro atoms. The normalized spacial score (nSPS) is 16.3. The molecular weight excluding hydrogens is 338 g/mol. The predicted octanol–water partition coefficient (Wildman–Crippen LogP) is 3.40. The largest absolute Gasteiger partial charge is 0.339 e. The first kappa shape index (κ1) is 14.1. The second-order valence-corrected chi connectivity index (χ2v) is 6.90. The van der Waals surface area contributed by atoms with Crippen LogP contribution in [0.15, 0.2) is 38.2 Å². The molecule has 0 saturated heterocycles. The molecule has 1 atom stereocenters. The second kappa shape index (κ2) is 6.28. The zero-order chi connectivity index (χ0) is 13.9. The van der Waals surface area contributed by atoms with Gasteiger partial charge in [-0.3, -0.25) is 0 Å². The molecule has 1 aromatic heterocycles. The average molecular weight is 354 g/mol. The maximum atomic E-state index is 6.07. The quantitative estimate of drug-likeness (QED) is 0.806. The standard InChI is InChI=1S/C14H16BrN3OS/c15-10-3-1-2-4-12(10)20-8-13-17-14(19-18-13)7-11(16)9-5-6-9/h1-4,9,11H,5-8,16H2. The predicted molar refractivity (Wildman–Crippen MR) is 82.4 cm³/mol. The molecule has 0 aliphatic heterocycles. The lowest BCUT2D eigenvalue weighted by Crippen LogP contribution is -2.25. The summed E-state index contributed by atoms with van der Waals surface area (Å²) in [7, 11) is 0. The molecule has 0 radical (unpaired) electrons. The SMILES string of the molecule is NC(Cc1nc(CSc2ccccc2Br)no1)C1CC1. The highest BCUT2D eigenvalue weighted by Crippen LogP contribution is 2.33. The van der Waals surface area contributed by atoms with Crippen LogP contribution in [-0.4, -0.2) is 16.2 Å². The van der Waals surface area contributed by atoms with E-state index in [1.54, 1.807) is 11.8 Å². The molecule has 1 aliphatic rings. The Hall–Kier alpha value is -0.850. The number of hydrogen-bond acceptors (Lipinski definition) is 5. The smallest absolute Gasteiger partial charge is 0.228 e. The van der Waals surface area contributed by atoms with Gasteiger partial charge >= 0.3 is 0 Å². The van der Waals surface area contributed by atoms with Crippen LogP contribution < -0.4 is 5.73 Å². The fourth-order valence-electron chi connectivity index (χ4n) is 2.03. The van der Waals surface area contributed by atoms with Crippen molar-refractivity contribution in [2.75, 3.05) is 0 Å². The number of benzene rings is 1. The van der Waals surface area contributed by atoms with Crippen molar-refractivity contribution in [3.8, 4) is 0 Å². The van der Waals surface area contributed by atoms with Gasteiger partial charge in [0.05, 0.1) is 5.75 Å². The third-order valence-corrected chi connectivity index (χ3v) is 5.36. The molecule has 0 amide bonds. The third-order valence-electron chi connectivity index (χ3n) is 3.34. The van der Waals surface area contributed by atoms with E-state index in [2.05, 4.69) is 32.1 Å². The Morgan fingerprint density at radius 2 is 2.20 bits per heavy atom. The Morgan fingerprint density at radius 1 is 1.40 bits per heavy atom.